The predicted octanol–water partition coefficient (Wildman–Crippen LogP) is 3.62. The van der Waals surface area contributed by atoms with Crippen LogP contribution in [0.2, 0.25) is 0 Å². The van der Waals surface area contributed by atoms with E-state index >= 15 is 0 Å². The summed E-state index contributed by atoms with van der Waals surface area (Å²) in [5.74, 6) is 0.228. The number of alkyl halides is 1. The number of hydrogen-bond acceptors (Lipinski definition) is 4. The zero-order valence-corrected chi connectivity index (χ0v) is 17.3. The van der Waals surface area contributed by atoms with Crippen LogP contribution in [-0.4, -0.2) is 48.2 Å². The SMILES string of the molecule is Cl.O=C(Nc1c[nH]c2ncc(Br)c(N3CCCC(NCCF)C3)c12)C1CC1. The van der Waals surface area contributed by atoms with E-state index in [1.54, 1.807) is 6.20 Å². The topological polar surface area (TPSA) is 73.0 Å². The quantitative estimate of drug-likeness (QED) is 0.615. The molecule has 0 aromatic carbocycles. The Bertz CT molecular complexity index is 812. The summed E-state index contributed by atoms with van der Waals surface area (Å²) in [7, 11) is 0. The van der Waals surface area contributed by atoms with Crippen LogP contribution in [0.4, 0.5) is 15.8 Å². The Kier molecular flexibility index (Phi) is 6.60. The van der Waals surface area contributed by atoms with Crippen LogP contribution in [0.15, 0.2) is 16.9 Å². The number of rotatable bonds is 6. The Morgan fingerprint density at radius 1 is 1.41 bits per heavy atom. The fourth-order valence-electron chi connectivity index (χ4n) is 3.65. The van der Waals surface area contributed by atoms with Gasteiger partial charge in [-0.3, -0.25) is 4.79 Å². The highest BCUT2D eigenvalue weighted by atomic mass is 79.9. The van der Waals surface area contributed by atoms with Gasteiger partial charge in [0.25, 0.3) is 0 Å². The number of halogens is 3. The maximum atomic E-state index is 12.5. The van der Waals surface area contributed by atoms with E-state index in [9.17, 15) is 9.18 Å². The monoisotopic (exact) mass is 459 g/mol. The van der Waals surface area contributed by atoms with Crippen LogP contribution >= 0.6 is 28.3 Å². The number of carbonyl (C=O) groups excluding carboxylic acids is 1. The Labute approximate surface area is 172 Å². The number of fused-ring (bicyclic) bond motifs is 1. The Hall–Kier alpha value is -1.38. The van der Waals surface area contributed by atoms with Gasteiger partial charge in [0.15, 0.2) is 0 Å². The summed E-state index contributed by atoms with van der Waals surface area (Å²) in [5, 5.41) is 7.26. The van der Waals surface area contributed by atoms with Crippen LogP contribution in [0, 0.1) is 5.92 Å². The molecule has 2 aromatic heterocycles. The Morgan fingerprint density at radius 2 is 2.22 bits per heavy atom. The molecule has 1 saturated heterocycles. The van der Waals surface area contributed by atoms with Gasteiger partial charge >= 0.3 is 0 Å². The van der Waals surface area contributed by atoms with Gasteiger partial charge in [-0.2, -0.15) is 0 Å². The van der Waals surface area contributed by atoms with Crippen molar-refractivity contribution in [2.24, 2.45) is 5.92 Å². The first kappa shape index (κ1) is 20.4. The first-order valence-electron chi connectivity index (χ1n) is 9.18. The maximum absolute atomic E-state index is 12.5. The standard InChI is InChI=1S/C18H23BrFN5O.ClH/c19-13-8-22-17-15(14(9-23-17)24-18(26)11-3-4-11)16(13)25-7-1-2-12(10-25)21-6-5-20;/h8-9,11-12,21H,1-7,10H2,(H,22,23)(H,24,26);1H. The molecule has 2 aromatic rings. The first-order valence-corrected chi connectivity index (χ1v) is 9.97. The van der Waals surface area contributed by atoms with Gasteiger partial charge in [0.05, 0.1) is 21.2 Å². The van der Waals surface area contributed by atoms with E-state index in [2.05, 4.69) is 41.4 Å². The van der Waals surface area contributed by atoms with E-state index in [-0.39, 0.29) is 36.9 Å². The minimum atomic E-state index is -0.352. The van der Waals surface area contributed by atoms with Gasteiger partial charge in [0.2, 0.25) is 5.91 Å². The molecular formula is C18H24BrClFN5O. The molecule has 9 heteroatoms. The van der Waals surface area contributed by atoms with E-state index in [4.69, 9.17) is 0 Å². The van der Waals surface area contributed by atoms with Gasteiger partial charge in [-0.15, -0.1) is 12.4 Å². The fraction of sp³-hybridized carbons (Fsp3) is 0.556. The van der Waals surface area contributed by atoms with Crippen LogP contribution in [0.25, 0.3) is 11.0 Å². The van der Waals surface area contributed by atoms with Crippen molar-refractivity contribution >= 4 is 56.7 Å². The van der Waals surface area contributed by atoms with Gasteiger partial charge < -0.3 is 20.5 Å². The molecule has 1 atom stereocenters. The lowest BCUT2D eigenvalue weighted by atomic mass is 10.0. The summed E-state index contributed by atoms with van der Waals surface area (Å²) in [6.07, 6.45) is 7.62. The molecule has 6 nitrogen and oxygen atoms in total. The lowest BCUT2D eigenvalue weighted by Gasteiger charge is -2.35. The van der Waals surface area contributed by atoms with E-state index in [1.807, 2.05) is 6.20 Å². The number of aromatic nitrogens is 2. The van der Waals surface area contributed by atoms with Crippen LogP contribution in [-0.2, 0) is 4.79 Å². The molecule has 1 unspecified atom stereocenters. The number of H-pyrrole nitrogens is 1. The minimum Gasteiger partial charge on any atom is -0.368 e. The van der Waals surface area contributed by atoms with Gasteiger partial charge in [-0.05, 0) is 41.6 Å². The molecule has 1 aliphatic heterocycles. The van der Waals surface area contributed by atoms with Crippen molar-refractivity contribution in [3.05, 3.63) is 16.9 Å². The normalized spacial score (nSPS) is 19.8. The zero-order valence-electron chi connectivity index (χ0n) is 14.9. The molecule has 27 heavy (non-hydrogen) atoms. The largest absolute Gasteiger partial charge is 0.368 e. The Morgan fingerprint density at radius 3 is 2.96 bits per heavy atom. The maximum Gasteiger partial charge on any atom is 0.227 e. The first-order chi connectivity index (χ1) is 12.7. The number of amides is 1. The summed E-state index contributed by atoms with van der Waals surface area (Å²) in [5.41, 5.74) is 2.57. The smallest absolute Gasteiger partial charge is 0.227 e. The van der Waals surface area contributed by atoms with Crippen LogP contribution in [0.1, 0.15) is 25.7 Å². The van der Waals surface area contributed by atoms with Gasteiger partial charge in [0.1, 0.15) is 12.3 Å². The summed E-state index contributed by atoms with van der Waals surface area (Å²) < 4.78 is 13.4. The number of anilines is 2. The molecule has 3 heterocycles. The second kappa shape index (κ2) is 8.75. The lowest BCUT2D eigenvalue weighted by molar-refractivity contribution is -0.117. The van der Waals surface area contributed by atoms with Crippen molar-refractivity contribution in [2.45, 2.75) is 31.7 Å². The number of carbonyl (C=O) groups is 1. The van der Waals surface area contributed by atoms with Gasteiger partial charge in [-0.25, -0.2) is 9.37 Å². The van der Waals surface area contributed by atoms with E-state index < -0.39 is 0 Å². The molecule has 4 rings (SSSR count). The van der Waals surface area contributed by atoms with Crippen molar-refractivity contribution < 1.29 is 9.18 Å². The number of pyridine rings is 1. The van der Waals surface area contributed by atoms with Gasteiger partial charge in [-0.1, -0.05) is 0 Å². The second-order valence-electron chi connectivity index (χ2n) is 7.07. The molecule has 2 fully saturated rings. The average Bonchev–Trinajstić information content (AvgIpc) is 3.43. The number of piperidine rings is 1. The molecule has 148 valence electrons. The number of nitrogens with one attached hydrogen (secondary N) is 3. The molecule has 2 aliphatic rings. The highest BCUT2D eigenvalue weighted by Crippen LogP contribution is 2.39. The summed E-state index contributed by atoms with van der Waals surface area (Å²) in [6.45, 7) is 1.76. The van der Waals surface area contributed by atoms with Crippen molar-refractivity contribution in [1.29, 1.82) is 0 Å². The predicted molar refractivity (Wildman–Crippen MR) is 112 cm³/mol. The van der Waals surface area contributed by atoms with Crippen molar-refractivity contribution in [3.8, 4) is 0 Å². The van der Waals surface area contributed by atoms with Gasteiger partial charge in [0, 0.05) is 44.0 Å². The van der Waals surface area contributed by atoms with E-state index in [0.29, 0.717) is 6.54 Å². The summed E-state index contributed by atoms with van der Waals surface area (Å²) in [4.78, 5) is 22.2. The third-order valence-corrected chi connectivity index (χ3v) is 5.68. The van der Waals surface area contributed by atoms with E-state index in [0.717, 1.165) is 65.7 Å². The third-order valence-electron chi connectivity index (χ3n) is 5.10. The molecule has 1 aliphatic carbocycles. The molecular weight excluding hydrogens is 437 g/mol. The minimum absolute atomic E-state index is 0. The van der Waals surface area contributed by atoms with Crippen molar-refractivity contribution in [1.82, 2.24) is 15.3 Å². The molecule has 1 saturated carbocycles. The molecule has 3 N–H and O–H groups in total. The number of aromatic amines is 1. The Balaban J connectivity index is 0.00000210. The molecule has 0 spiro atoms. The summed E-state index contributed by atoms with van der Waals surface area (Å²) in [6, 6.07) is 0.262. The number of hydrogen-bond donors (Lipinski definition) is 3. The number of nitrogens with zero attached hydrogens (tertiary/aromatic N) is 2. The highest BCUT2D eigenvalue weighted by Gasteiger charge is 2.31. The zero-order chi connectivity index (χ0) is 18.1. The second-order valence-corrected chi connectivity index (χ2v) is 7.93. The fourth-order valence-corrected chi connectivity index (χ4v) is 4.20. The lowest BCUT2D eigenvalue weighted by Crippen LogP contribution is -2.46. The molecule has 1 amide bonds. The summed E-state index contributed by atoms with van der Waals surface area (Å²) >= 11 is 3.64. The van der Waals surface area contributed by atoms with E-state index in [1.165, 1.54) is 0 Å². The molecule has 0 bridgehead atoms. The van der Waals surface area contributed by atoms with Crippen LogP contribution in [0.3, 0.4) is 0 Å². The van der Waals surface area contributed by atoms with Crippen LogP contribution in [0.5, 0.6) is 0 Å². The third kappa shape index (κ3) is 4.38. The van der Waals surface area contributed by atoms with Crippen molar-refractivity contribution in [3.63, 3.8) is 0 Å². The molecule has 0 radical (unpaired) electrons. The van der Waals surface area contributed by atoms with Crippen molar-refractivity contribution in [2.75, 3.05) is 36.5 Å². The highest BCUT2D eigenvalue weighted by molar-refractivity contribution is 9.10. The average molecular weight is 461 g/mol. The van der Waals surface area contributed by atoms with Crippen LogP contribution < -0.4 is 15.5 Å².